The molecule has 1 saturated heterocycles. The van der Waals surface area contributed by atoms with Crippen LogP contribution in [-0.2, 0) is 40.7 Å². The fourth-order valence-corrected chi connectivity index (χ4v) is 5.83. The Hall–Kier alpha value is -2.99. The Balaban J connectivity index is 1.34. The van der Waals surface area contributed by atoms with Crippen LogP contribution < -0.4 is 10.0 Å². The number of fused-ring (bicyclic) bond motifs is 2. The maximum Gasteiger partial charge on any atom is 0.304 e. The van der Waals surface area contributed by atoms with Crippen molar-refractivity contribution in [2.45, 2.75) is 38.5 Å². The molecule has 2 amide bonds. The van der Waals surface area contributed by atoms with Crippen LogP contribution in [0.15, 0.2) is 10.7 Å². The highest BCUT2D eigenvalue weighted by molar-refractivity contribution is 7.87. The molecule has 2 aliphatic carbocycles. The first-order valence-electron chi connectivity index (χ1n) is 10.9. The standard InChI is InChI=1S/C21H24FN5O5S/c1-26-8-9-27(10-17(26)28)33(30,31)25-20(29)16-11-32-21(23-16)24-19-14-6-2-4-12(14)18(22)13-5-3-7-15(13)19/h11H,2-10H2,1H3,(H,23,24)(H,25,29). The van der Waals surface area contributed by atoms with Crippen LogP contribution in [-0.4, -0.2) is 61.1 Å². The molecule has 1 aromatic heterocycles. The molecule has 0 bridgehead atoms. The Kier molecular flexibility index (Phi) is 5.36. The molecule has 12 heteroatoms. The first-order chi connectivity index (χ1) is 15.7. The van der Waals surface area contributed by atoms with Gasteiger partial charge in [0.25, 0.3) is 11.9 Å². The van der Waals surface area contributed by atoms with Crippen molar-refractivity contribution in [2.75, 3.05) is 32.0 Å². The van der Waals surface area contributed by atoms with Gasteiger partial charge in [-0.25, -0.2) is 9.11 Å². The molecule has 0 radical (unpaired) electrons. The molecule has 33 heavy (non-hydrogen) atoms. The van der Waals surface area contributed by atoms with Crippen molar-refractivity contribution in [2.24, 2.45) is 0 Å². The van der Waals surface area contributed by atoms with E-state index in [-0.39, 0.29) is 43.1 Å². The van der Waals surface area contributed by atoms with Crippen molar-refractivity contribution in [3.63, 3.8) is 0 Å². The monoisotopic (exact) mass is 477 g/mol. The van der Waals surface area contributed by atoms with Gasteiger partial charge in [0.1, 0.15) is 12.1 Å². The van der Waals surface area contributed by atoms with Crippen LogP contribution in [0.3, 0.4) is 0 Å². The third-order valence-electron chi connectivity index (χ3n) is 6.52. The largest absolute Gasteiger partial charge is 0.431 e. The van der Waals surface area contributed by atoms with Crippen molar-refractivity contribution < 1.29 is 26.8 Å². The number of hydrogen-bond donors (Lipinski definition) is 2. The molecule has 3 aliphatic rings. The van der Waals surface area contributed by atoms with Crippen molar-refractivity contribution in [3.8, 4) is 0 Å². The molecule has 1 aromatic carbocycles. The number of amides is 2. The molecule has 5 rings (SSSR count). The molecule has 1 aliphatic heterocycles. The van der Waals surface area contributed by atoms with Gasteiger partial charge in [0.05, 0.1) is 6.54 Å². The van der Waals surface area contributed by atoms with E-state index in [0.29, 0.717) is 12.8 Å². The van der Waals surface area contributed by atoms with Crippen LogP contribution in [0.1, 0.15) is 45.6 Å². The second-order valence-corrected chi connectivity index (χ2v) is 10.2. The molecule has 0 atom stereocenters. The third-order valence-corrected chi connectivity index (χ3v) is 7.96. The van der Waals surface area contributed by atoms with Crippen LogP contribution in [0.4, 0.5) is 16.1 Å². The van der Waals surface area contributed by atoms with Gasteiger partial charge in [-0.1, -0.05) is 0 Å². The quantitative estimate of drug-likeness (QED) is 0.665. The molecule has 0 saturated carbocycles. The number of carbonyl (C=O) groups excluding carboxylic acids is 2. The van der Waals surface area contributed by atoms with E-state index >= 15 is 0 Å². The molecule has 2 heterocycles. The zero-order valence-corrected chi connectivity index (χ0v) is 18.9. The molecular formula is C21H24FN5O5S. The predicted octanol–water partition coefficient (Wildman–Crippen LogP) is 1.28. The van der Waals surface area contributed by atoms with Gasteiger partial charge in [0.15, 0.2) is 5.69 Å². The lowest BCUT2D eigenvalue weighted by Gasteiger charge is -2.30. The van der Waals surface area contributed by atoms with E-state index in [4.69, 9.17) is 4.42 Å². The molecule has 2 N–H and O–H groups in total. The second kappa shape index (κ2) is 8.10. The summed E-state index contributed by atoms with van der Waals surface area (Å²) < 4.78 is 48.1. The fourth-order valence-electron chi connectivity index (χ4n) is 4.76. The average Bonchev–Trinajstić information content (AvgIpc) is 3.52. The Bertz CT molecular complexity index is 1220. The van der Waals surface area contributed by atoms with Gasteiger partial charge in [0, 0.05) is 25.8 Å². The summed E-state index contributed by atoms with van der Waals surface area (Å²) in [4.78, 5) is 29.9. The number of rotatable bonds is 5. The minimum Gasteiger partial charge on any atom is -0.431 e. The van der Waals surface area contributed by atoms with Crippen molar-refractivity contribution >= 4 is 33.7 Å². The van der Waals surface area contributed by atoms with E-state index in [1.165, 1.54) is 4.90 Å². The first kappa shape index (κ1) is 21.8. The highest BCUT2D eigenvalue weighted by atomic mass is 32.2. The average molecular weight is 478 g/mol. The summed E-state index contributed by atoms with van der Waals surface area (Å²) >= 11 is 0. The number of likely N-dealkylation sites (N-methyl/N-ethyl adjacent to an activating group) is 1. The smallest absolute Gasteiger partial charge is 0.304 e. The van der Waals surface area contributed by atoms with E-state index < -0.39 is 16.1 Å². The van der Waals surface area contributed by atoms with Crippen LogP contribution >= 0.6 is 0 Å². The van der Waals surface area contributed by atoms with E-state index in [1.807, 2.05) is 4.72 Å². The molecule has 0 unspecified atom stereocenters. The van der Waals surface area contributed by atoms with Gasteiger partial charge >= 0.3 is 10.2 Å². The van der Waals surface area contributed by atoms with Crippen LogP contribution in [0.5, 0.6) is 0 Å². The van der Waals surface area contributed by atoms with Gasteiger partial charge in [-0.3, -0.25) is 9.59 Å². The lowest BCUT2D eigenvalue weighted by molar-refractivity contribution is -0.132. The van der Waals surface area contributed by atoms with Gasteiger partial charge in [-0.05, 0) is 60.8 Å². The van der Waals surface area contributed by atoms with E-state index in [2.05, 4.69) is 10.3 Å². The highest BCUT2D eigenvalue weighted by Gasteiger charge is 2.33. The Labute approximate surface area is 190 Å². The number of oxazole rings is 1. The maximum atomic E-state index is 14.9. The number of nitrogens with one attached hydrogen (secondary N) is 2. The summed E-state index contributed by atoms with van der Waals surface area (Å²) in [5.74, 6) is -1.42. The molecular weight excluding hydrogens is 453 g/mol. The molecule has 10 nitrogen and oxygen atoms in total. The lowest BCUT2D eigenvalue weighted by Crippen LogP contribution is -2.54. The summed E-state index contributed by atoms with van der Waals surface area (Å²) in [5.41, 5.74) is 3.86. The number of nitrogens with zero attached hydrogens (tertiary/aromatic N) is 3. The number of piperazine rings is 1. The van der Waals surface area contributed by atoms with Crippen LogP contribution in [0.2, 0.25) is 0 Å². The van der Waals surface area contributed by atoms with Crippen molar-refractivity contribution in [1.82, 2.24) is 18.9 Å². The molecule has 176 valence electrons. The Morgan fingerprint density at radius 2 is 1.73 bits per heavy atom. The fraction of sp³-hybridized carbons (Fsp3) is 0.476. The SMILES string of the molecule is CN1CCN(S(=O)(=O)NC(=O)c2coc(Nc3c4c(c(F)c5c3CCC5)CCC4)n2)CC1=O. The Morgan fingerprint density at radius 3 is 2.36 bits per heavy atom. The lowest BCUT2D eigenvalue weighted by atomic mass is 9.98. The summed E-state index contributed by atoms with van der Waals surface area (Å²) in [6, 6.07) is 0.0298. The zero-order valence-electron chi connectivity index (χ0n) is 18.1. The summed E-state index contributed by atoms with van der Waals surface area (Å²) in [6.07, 6.45) is 5.68. The van der Waals surface area contributed by atoms with E-state index in [0.717, 1.165) is 64.2 Å². The summed E-state index contributed by atoms with van der Waals surface area (Å²) in [7, 11) is -2.63. The number of hydrogen-bond acceptors (Lipinski definition) is 7. The van der Waals surface area contributed by atoms with Crippen LogP contribution in [0, 0.1) is 5.82 Å². The zero-order chi connectivity index (χ0) is 23.3. The summed E-state index contributed by atoms with van der Waals surface area (Å²) in [6.45, 7) is -0.0267. The predicted molar refractivity (Wildman–Crippen MR) is 116 cm³/mol. The number of anilines is 2. The highest BCUT2D eigenvalue weighted by Crippen LogP contribution is 2.41. The molecule has 2 aromatic rings. The van der Waals surface area contributed by atoms with Crippen molar-refractivity contribution in [3.05, 3.63) is 40.0 Å². The van der Waals surface area contributed by atoms with Gasteiger partial charge < -0.3 is 14.6 Å². The number of carbonyl (C=O) groups is 2. The van der Waals surface area contributed by atoms with Gasteiger partial charge in [-0.2, -0.15) is 17.7 Å². The minimum absolute atomic E-state index is 0.0298. The van der Waals surface area contributed by atoms with Gasteiger partial charge in [-0.15, -0.1) is 0 Å². The van der Waals surface area contributed by atoms with E-state index in [1.54, 1.807) is 7.05 Å². The number of halogens is 1. The van der Waals surface area contributed by atoms with E-state index in [9.17, 15) is 22.4 Å². The normalized spacial score (nSPS) is 18.4. The maximum absolute atomic E-state index is 14.9. The number of benzene rings is 1. The first-order valence-corrected chi connectivity index (χ1v) is 12.3. The van der Waals surface area contributed by atoms with Crippen LogP contribution in [0.25, 0.3) is 0 Å². The van der Waals surface area contributed by atoms with Gasteiger partial charge in [0.2, 0.25) is 5.91 Å². The molecule has 1 fully saturated rings. The van der Waals surface area contributed by atoms with Crippen molar-refractivity contribution in [1.29, 1.82) is 0 Å². The summed E-state index contributed by atoms with van der Waals surface area (Å²) in [5, 5.41) is 3.11. The third kappa shape index (κ3) is 3.86. The minimum atomic E-state index is -4.21. The number of aromatic nitrogens is 1. The topological polar surface area (TPSA) is 125 Å². The second-order valence-electron chi connectivity index (χ2n) is 8.56. The Morgan fingerprint density at radius 1 is 1.09 bits per heavy atom. The molecule has 0 spiro atoms.